The topological polar surface area (TPSA) is 60.9 Å². The second-order valence-electron chi connectivity index (χ2n) is 4.35. The number of phenolic OH excluding ortho intramolecular Hbond substituents is 1. The van der Waals surface area contributed by atoms with Crippen LogP contribution in [-0.2, 0) is 0 Å². The molecule has 96 valence electrons. The number of halogens is 1. The van der Waals surface area contributed by atoms with E-state index in [1.807, 2.05) is 13.8 Å². The first-order valence-corrected chi connectivity index (χ1v) is 5.81. The van der Waals surface area contributed by atoms with E-state index >= 15 is 0 Å². The molecule has 0 bridgehead atoms. The highest BCUT2D eigenvalue weighted by atomic mass is 19.1. The smallest absolute Gasteiger partial charge is 0.131 e. The number of aromatic nitrogens is 2. The number of nitrogens with zero attached hydrogens (tertiary/aromatic N) is 1. The fraction of sp³-hybridized carbons (Fsp3) is 0.308. The summed E-state index contributed by atoms with van der Waals surface area (Å²) in [6, 6.07) is 4.10. The van der Waals surface area contributed by atoms with Crippen molar-refractivity contribution < 1.29 is 9.50 Å². The minimum Gasteiger partial charge on any atom is -0.508 e. The lowest BCUT2D eigenvalue weighted by Crippen LogP contribution is -2.22. The maximum Gasteiger partial charge on any atom is 0.131 e. The maximum absolute atomic E-state index is 13.7. The van der Waals surface area contributed by atoms with Gasteiger partial charge >= 0.3 is 0 Å². The van der Waals surface area contributed by atoms with E-state index in [-0.39, 0.29) is 17.8 Å². The Balaban J connectivity index is 2.10. The third kappa shape index (κ3) is 2.68. The van der Waals surface area contributed by atoms with Crippen molar-refractivity contribution in [1.82, 2.24) is 15.5 Å². The van der Waals surface area contributed by atoms with Crippen molar-refractivity contribution in [2.75, 3.05) is 0 Å². The van der Waals surface area contributed by atoms with Gasteiger partial charge in [-0.25, -0.2) is 4.39 Å². The molecule has 1 aromatic carbocycles. The molecule has 0 spiro atoms. The van der Waals surface area contributed by atoms with E-state index in [1.165, 1.54) is 6.07 Å². The van der Waals surface area contributed by atoms with Gasteiger partial charge in [0.05, 0.1) is 6.20 Å². The zero-order chi connectivity index (χ0) is 13.1. The molecule has 0 aliphatic rings. The summed E-state index contributed by atoms with van der Waals surface area (Å²) in [5.74, 6) is -0.472. The van der Waals surface area contributed by atoms with E-state index in [2.05, 4.69) is 15.5 Å². The molecular weight excluding hydrogens is 233 g/mol. The van der Waals surface area contributed by atoms with Crippen molar-refractivity contribution in [2.45, 2.75) is 25.9 Å². The van der Waals surface area contributed by atoms with Crippen molar-refractivity contribution >= 4 is 0 Å². The number of phenols is 1. The summed E-state index contributed by atoms with van der Waals surface area (Å²) in [5.41, 5.74) is 1.55. The molecule has 4 nitrogen and oxygen atoms in total. The highest BCUT2D eigenvalue weighted by molar-refractivity contribution is 5.29. The number of hydrogen-bond donors (Lipinski definition) is 3. The molecule has 0 radical (unpaired) electrons. The monoisotopic (exact) mass is 249 g/mol. The first-order valence-electron chi connectivity index (χ1n) is 5.81. The van der Waals surface area contributed by atoms with Crippen LogP contribution in [0.3, 0.4) is 0 Å². The number of aromatic hydroxyl groups is 1. The van der Waals surface area contributed by atoms with Gasteiger partial charge in [0.15, 0.2) is 0 Å². The van der Waals surface area contributed by atoms with E-state index in [0.29, 0.717) is 5.56 Å². The van der Waals surface area contributed by atoms with Crippen molar-refractivity contribution in [1.29, 1.82) is 0 Å². The first-order chi connectivity index (χ1) is 8.58. The van der Waals surface area contributed by atoms with Crippen molar-refractivity contribution in [3.8, 4) is 5.75 Å². The molecule has 2 aromatic rings. The van der Waals surface area contributed by atoms with Crippen LogP contribution in [0.1, 0.15) is 37.1 Å². The summed E-state index contributed by atoms with van der Waals surface area (Å²) in [7, 11) is 0. The second-order valence-corrected chi connectivity index (χ2v) is 4.35. The van der Waals surface area contributed by atoms with Gasteiger partial charge < -0.3 is 10.4 Å². The molecule has 2 rings (SSSR count). The number of nitrogens with one attached hydrogen (secondary N) is 2. The van der Waals surface area contributed by atoms with Crippen molar-refractivity contribution in [3.05, 3.63) is 47.5 Å². The van der Waals surface area contributed by atoms with Gasteiger partial charge in [-0.1, -0.05) is 6.07 Å². The standard InChI is InChI=1S/C13H16FN3O/c1-8(10-6-15-16-7-10)17-9(2)12-4-3-11(18)5-13(12)14/h3-9,17-18H,1-2H3,(H,15,16). The largest absolute Gasteiger partial charge is 0.508 e. The van der Waals surface area contributed by atoms with E-state index in [0.717, 1.165) is 11.6 Å². The van der Waals surface area contributed by atoms with E-state index < -0.39 is 5.82 Å². The molecule has 1 heterocycles. The summed E-state index contributed by atoms with van der Waals surface area (Å²) in [5, 5.41) is 19.1. The fourth-order valence-corrected chi connectivity index (χ4v) is 1.93. The maximum atomic E-state index is 13.7. The predicted octanol–water partition coefficient (Wildman–Crippen LogP) is 2.67. The Labute approximate surface area is 105 Å². The number of rotatable bonds is 4. The van der Waals surface area contributed by atoms with E-state index in [4.69, 9.17) is 0 Å². The molecule has 5 heteroatoms. The Morgan fingerprint density at radius 1 is 1.33 bits per heavy atom. The Morgan fingerprint density at radius 2 is 2.11 bits per heavy atom. The minimum absolute atomic E-state index is 0.0620. The van der Waals surface area contributed by atoms with Gasteiger partial charge in [0, 0.05) is 35.5 Å². The number of hydrogen-bond acceptors (Lipinski definition) is 3. The lowest BCUT2D eigenvalue weighted by molar-refractivity contribution is 0.454. The summed E-state index contributed by atoms with van der Waals surface area (Å²) in [4.78, 5) is 0. The lowest BCUT2D eigenvalue weighted by atomic mass is 10.1. The average Bonchev–Trinajstić information content (AvgIpc) is 2.81. The van der Waals surface area contributed by atoms with Gasteiger partial charge in [0.1, 0.15) is 11.6 Å². The molecule has 18 heavy (non-hydrogen) atoms. The summed E-state index contributed by atoms with van der Waals surface area (Å²) in [6.07, 6.45) is 3.54. The Hall–Kier alpha value is -1.88. The number of H-pyrrole nitrogens is 1. The molecule has 0 amide bonds. The van der Waals surface area contributed by atoms with Crippen LogP contribution in [-0.4, -0.2) is 15.3 Å². The third-order valence-electron chi connectivity index (χ3n) is 2.97. The quantitative estimate of drug-likeness (QED) is 0.780. The molecule has 0 saturated heterocycles. The summed E-state index contributed by atoms with van der Waals surface area (Å²) < 4.78 is 13.7. The molecule has 0 aliphatic heterocycles. The minimum atomic E-state index is -0.408. The van der Waals surface area contributed by atoms with Crippen LogP contribution in [0.25, 0.3) is 0 Å². The van der Waals surface area contributed by atoms with Crippen LogP contribution in [0.5, 0.6) is 5.75 Å². The van der Waals surface area contributed by atoms with Gasteiger partial charge in [-0.05, 0) is 19.9 Å². The van der Waals surface area contributed by atoms with Crippen LogP contribution in [0, 0.1) is 5.82 Å². The zero-order valence-corrected chi connectivity index (χ0v) is 10.3. The van der Waals surface area contributed by atoms with Gasteiger partial charge in [0.2, 0.25) is 0 Å². The molecule has 0 aliphatic carbocycles. The first kappa shape index (κ1) is 12.6. The molecular formula is C13H16FN3O. The number of aromatic amines is 1. The van der Waals surface area contributed by atoms with Crippen LogP contribution in [0.2, 0.25) is 0 Å². The van der Waals surface area contributed by atoms with Crippen molar-refractivity contribution in [3.63, 3.8) is 0 Å². The Morgan fingerprint density at radius 3 is 2.72 bits per heavy atom. The fourth-order valence-electron chi connectivity index (χ4n) is 1.93. The van der Waals surface area contributed by atoms with Crippen LogP contribution >= 0.6 is 0 Å². The number of benzene rings is 1. The molecule has 0 saturated carbocycles. The van der Waals surface area contributed by atoms with Crippen molar-refractivity contribution in [2.24, 2.45) is 0 Å². The Kier molecular flexibility index (Phi) is 3.62. The van der Waals surface area contributed by atoms with Gasteiger partial charge in [-0.15, -0.1) is 0 Å². The van der Waals surface area contributed by atoms with E-state index in [9.17, 15) is 9.50 Å². The van der Waals surface area contributed by atoms with Crippen LogP contribution in [0.15, 0.2) is 30.6 Å². The highest BCUT2D eigenvalue weighted by Gasteiger charge is 2.15. The normalized spacial score (nSPS) is 14.4. The molecule has 0 fully saturated rings. The summed E-state index contributed by atoms with van der Waals surface area (Å²) >= 11 is 0. The lowest BCUT2D eigenvalue weighted by Gasteiger charge is -2.20. The molecule has 1 aromatic heterocycles. The highest BCUT2D eigenvalue weighted by Crippen LogP contribution is 2.23. The SMILES string of the molecule is CC(NC(C)c1ccc(O)cc1F)c1cn[nH]c1. The van der Waals surface area contributed by atoms with Gasteiger partial charge in [0.25, 0.3) is 0 Å². The second kappa shape index (κ2) is 5.18. The Bertz CT molecular complexity index is 513. The molecule has 2 atom stereocenters. The average molecular weight is 249 g/mol. The third-order valence-corrected chi connectivity index (χ3v) is 2.97. The predicted molar refractivity (Wildman–Crippen MR) is 66.6 cm³/mol. The van der Waals surface area contributed by atoms with Gasteiger partial charge in [-0.3, -0.25) is 5.10 Å². The summed E-state index contributed by atoms with van der Waals surface area (Å²) in [6.45, 7) is 3.87. The molecule has 3 N–H and O–H groups in total. The molecule has 2 unspecified atom stereocenters. The zero-order valence-electron chi connectivity index (χ0n) is 10.3. The van der Waals surface area contributed by atoms with Crippen LogP contribution < -0.4 is 5.32 Å². The van der Waals surface area contributed by atoms with E-state index in [1.54, 1.807) is 18.5 Å². The van der Waals surface area contributed by atoms with Crippen LogP contribution in [0.4, 0.5) is 4.39 Å². The van der Waals surface area contributed by atoms with Gasteiger partial charge in [-0.2, -0.15) is 5.10 Å².